The number of aryl methyl sites for hydroxylation is 1. The molecule has 3 N–H and O–H groups in total. The van der Waals surface area contributed by atoms with Gasteiger partial charge in [0, 0.05) is 20.2 Å². The predicted octanol–water partition coefficient (Wildman–Crippen LogP) is 1.61. The second kappa shape index (κ2) is 10.8. The molecule has 0 unspecified atom stereocenters. The summed E-state index contributed by atoms with van der Waals surface area (Å²) in [5.41, 5.74) is 7.23. The van der Waals surface area contributed by atoms with Crippen molar-refractivity contribution in [2.45, 2.75) is 39.2 Å². The number of unbranched alkanes of at least 4 members (excludes halogenated alkanes) is 2. The number of aromatic nitrogens is 4. The zero-order valence-electron chi connectivity index (χ0n) is 16.0. The van der Waals surface area contributed by atoms with Crippen LogP contribution in [0.5, 0.6) is 12.0 Å². The number of nitrogens with two attached hydrogens (primary N) is 1. The van der Waals surface area contributed by atoms with Gasteiger partial charge in [-0.15, -0.1) is 0 Å². The van der Waals surface area contributed by atoms with Crippen molar-refractivity contribution in [2.24, 2.45) is 0 Å². The lowest BCUT2D eigenvalue weighted by atomic mass is 10.3. The summed E-state index contributed by atoms with van der Waals surface area (Å²) in [6.07, 6.45) is 3.96. The Morgan fingerprint density at radius 1 is 1.04 bits per heavy atom. The van der Waals surface area contributed by atoms with E-state index in [9.17, 15) is 0 Å². The fourth-order valence-corrected chi connectivity index (χ4v) is 2.53. The minimum absolute atomic E-state index is 0.286. The minimum atomic E-state index is 0.286. The van der Waals surface area contributed by atoms with Gasteiger partial charge in [-0.1, -0.05) is 13.3 Å². The molecular formula is C17H30N6O3. The van der Waals surface area contributed by atoms with Crippen molar-refractivity contribution in [2.75, 3.05) is 46.3 Å². The van der Waals surface area contributed by atoms with E-state index in [4.69, 9.17) is 19.9 Å². The molecule has 0 aromatic carbocycles. The number of hydrogen-bond acceptors (Lipinski definition) is 8. The van der Waals surface area contributed by atoms with Crippen LogP contribution in [0.4, 0.5) is 5.82 Å². The van der Waals surface area contributed by atoms with Crippen LogP contribution in [0.2, 0.25) is 0 Å². The van der Waals surface area contributed by atoms with Crippen LogP contribution in [0, 0.1) is 0 Å². The van der Waals surface area contributed by atoms with E-state index in [0.29, 0.717) is 29.6 Å². The van der Waals surface area contributed by atoms with E-state index in [1.807, 2.05) is 4.57 Å². The quantitative estimate of drug-likeness (QED) is 0.515. The van der Waals surface area contributed by atoms with Crippen LogP contribution in [-0.4, -0.2) is 60.0 Å². The molecule has 0 aliphatic rings. The predicted molar refractivity (Wildman–Crippen MR) is 101 cm³/mol. The van der Waals surface area contributed by atoms with Gasteiger partial charge < -0.3 is 25.3 Å². The molecule has 2 heterocycles. The summed E-state index contributed by atoms with van der Waals surface area (Å²) in [6.45, 7) is 5.91. The highest BCUT2D eigenvalue weighted by Crippen LogP contribution is 2.25. The topological polar surface area (TPSA) is 109 Å². The normalized spacial score (nSPS) is 11.2. The molecule has 2 aromatic heterocycles. The monoisotopic (exact) mass is 366 g/mol. The lowest BCUT2D eigenvalue weighted by Gasteiger charge is -2.09. The average Bonchev–Trinajstić information content (AvgIpc) is 2.99. The third-order valence-corrected chi connectivity index (χ3v) is 3.95. The largest absolute Gasteiger partial charge is 0.468 e. The second-order valence-electron chi connectivity index (χ2n) is 5.97. The molecule has 2 rings (SSSR count). The molecule has 26 heavy (non-hydrogen) atoms. The summed E-state index contributed by atoms with van der Waals surface area (Å²) in [5, 5.41) is 3.33. The van der Waals surface area contributed by atoms with E-state index < -0.39 is 0 Å². The first kappa shape index (κ1) is 20.2. The van der Waals surface area contributed by atoms with E-state index in [0.717, 1.165) is 51.9 Å². The molecule has 0 saturated heterocycles. The van der Waals surface area contributed by atoms with Crippen LogP contribution in [0.15, 0.2) is 0 Å². The van der Waals surface area contributed by atoms with Crippen molar-refractivity contribution < 1.29 is 14.2 Å². The molecular weight excluding hydrogens is 336 g/mol. The second-order valence-corrected chi connectivity index (χ2v) is 5.97. The Morgan fingerprint density at radius 2 is 1.88 bits per heavy atom. The Balaban J connectivity index is 2.05. The summed E-state index contributed by atoms with van der Waals surface area (Å²) in [5.74, 6) is 0.305. The molecule has 146 valence electrons. The Morgan fingerprint density at radius 3 is 2.62 bits per heavy atom. The molecule has 9 heteroatoms. The molecule has 0 amide bonds. The summed E-state index contributed by atoms with van der Waals surface area (Å²) in [7, 11) is 3.29. The van der Waals surface area contributed by atoms with E-state index in [2.05, 4.69) is 27.2 Å². The third-order valence-electron chi connectivity index (χ3n) is 3.95. The molecule has 0 aliphatic heterocycles. The SMILES string of the molecule is CCCCOc1nc(N)c2nc(OC)n(CCCCNCCOC)c2n1. The van der Waals surface area contributed by atoms with Gasteiger partial charge in [0.05, 0.1) is 20.3 Å². The fourth-order valence-electron chi connectivity index (χ4n) is 2.53. The van der Waals surface area contributed by atoms with Crippen LogP contribution >= 0.6 is 0 Å². The molecule has 2 aromatic rings. The number of nitrogens with one attached hydrogen (secondary N) is 1. The molecule has 0 radical (unpaired) electrons. The summed E-state index contributed by atoms with van der Waals surface area (Å²) in [6, 6.07) is 0.771. The zero-order valence-corrected chi connectivity index (χ0v) is 16.0. The first-order valence-corrected chi connectivity index (χ1v) is 9.11. The van der Waals surface area contributed by atoms with Gasteiger partial charge in [-0.2, -0.15) is 15.0 Å². The molecule has 0 spiro atoms. The Bertz CT molecular complexity index is 676. The van der Waals surface area contributed by atoms with E-state index in [-0.39, 0.29) is 6.01 Å². The standard InChI is InChI=1S/C17H30N6O3/c1-4-5-11-26-16-21-14(18)13-15(22-16)23(17(20-13)25-3)10-7-6-8-19-9-12-24-2/h19H,4-12H2,1-3H3,(H2,18,21,22). The minimum Gasteiger partial charge on any atom is -0.468 e. The van der Waals surface area contributed by atoms with Crippen molar-refractivity contribution in [3.63, 3.8) is 0 Å². The average molecular weight is 366 g/mol. The third kappa shape index (κ3) is 5.43. The van der Waals surface area contributed by atoms with E-state index in [1.54, 1.807) is 14.2 Å². The summed E-state index contributed by atoms with van der Waals surface area (Å²) >= 11 is 0. The molecule has 0 atom stereocenters. The molecule has 0 saturated carbocycles. The Hall–Kier alpha value is -2.13. The Kier molecular flexibility index (Phi) is 8.36. The highest BCUT2D eigenvalue weighted by molar-refractivity contribution is 5.83. The lowest BCUT2D eigenvalue weighted by molar-refractivity contribution is 0.199. The number of nitrogens with zero attached hydrogens (tertiary/aromatic N) is 4. The maximum atomic E-state index is 6.04. The van der Waals surface area contributed by atoms with Crippen LogP contribution in [0.1, 0.15) is 32.6 Å². The maximum absolute atomic E-state index is 6.04. The van der Waals surface area contributed by atoms with E-state index in [1.165, 1.54) is 0 Å². The van der Waals surface area contributed by atoms with Gasteiger partial charge in [-0.25, -0.2) is 0 Å². The first-order chi connectivity index (χ1) is 12.7. The van der Waals surface area contributed by atoms with Crippen molar-refractivity contribution in [1.82, 2.24) is 24.8 Å². The van der Waals surface area contributed by atoms with Crippen molar-refractivity contribution >= 4 is 17.0 Å². The zero-order chi connectivity index (χ0) is 18.8. The molecule has 0 bridgehead atoms. The number of rotatable bonds is 13. The van der Waals surface area contributed by atoms with Gasteiger partial charge in [0.25, 0.3) is 6.01 Å². The molecule has 0 aliphatic carbocycles. The van der Waals surface area contributed by atoms with E-state index >= 15 is 0 Å². The van der Waals surface area contributed by atoms with Gasteiger partial charge >= 0.3 is 6.01 Å². The van der Waals surface area contributed by atoms with Gasteiger partial charge in [0.1, 0.15) is 0 Å². The van der Waals surface area contributed by atoms with Gasteiger partial charge in [-0.05, 0) is 25.8 Å². The highest BCUT2D eigenvalue weighted by atomic mass is 16.5. The van der Waals surface area contributed by atoms with Gasteiger partial charge in [-0.3, -0.25) is 4.57 Å². The molecule has 9 nitrogen and oxygen atoms in total. The number of anilines is 1. The summed E-state index contributed by atoms with van der Waals surface area (Å²) < 4.78 is 17.9. The van der Waals surface area contributed by atoms with Crippen LogP contribution < -0.4 is 20.5 Å². The fraction of sp³-hybridized carbons (Fsp3) is 0.706. The van der Waals surface area contributed by atoms with Crippen LogP contribution in [0.3, 0.4) is 0 Å². The number of imidazole rings is 1. The number of nitrogen functional groups attached to an aromatic ring is 1. The van der Waals surface area contributed by atoms with Crippen molar-refractivity contribution in [1.29, 1.82) is 0 Å². The molecule has 0 fully saturated rings. The number of hydrogen-bond donors (Lipinski definition) is 2. The smallest absolute Gasteiger partial charge is 0.320 e. The summed E-state index contributed by atoms with van der Waals surface area (Å²) in [4.78, 5) is 13.1. The van der Waals surface area contributed by atoms with Gasteiger partial charge in [0.15, 0.2) is 17.0 Å². The van der Waals surface area contributed by atoms with Crippen molar-refractivity contribution in [3.8, 4) is 12.0 Å². The van der Waals surface area contributed by atoms with Gasteiger partial charge in [0.2, 0.25) is 0 Å². The maximum Gasteiger partial charge on any atom is 0.320 e. The Labute approximate surface area is 154 Å². The van der Waals surface area contributed by atoms with Crippen LogP contribution in [-0.2, 0) is 11.3 Å². The van der Waals surface area contributed by atoms with Crippen LogP contribution in [0.25, 0.3) is 11.2 Å². The number of methoxy groups -OCH3 is 2. The first-order valence-electron chi connectivity index (χ1n) is 9.11. The lowest BCUT2D eigenvalue weighted by Crippen LogP contribution is -2.20. The highest BCUT2D eigenvalue weighted by Gasteiger charge is 2.17. The number of ether oxygens (including phenoxy) is 3. The number of fused-ring (bicyclic) bond motifs is 1. The van der Waals surface area contributed by atoms with Crippen molar-refractivity contribution in [3.05, 3.63) is 0 Å².